The number of nitrogens with zero attached hydrogens (tertiary/aromatic N) is 4. The van der Waals surface area contributed by atoms with Gasteiger partial charge in [-0.05, 0) is 185 Å². The third-order valence-electron chi connectivity index (χ3n) is 16.1. The smallest absolute Gasteiger partial charge is 0.188 e. The summed E-state index contributed by atoms with van der Waals surface area (Å²) in [6, 6.07) is 102. The van der Waals surface area contributed by atoms with Gasteiger partial charge in [0.1, 0.15) is 0 Å². The van der Waals surface area contributed by atoms with Crippen LogP contribution in [-0.4, -0.2) is 9.13 Å². The quantitative estimate of drug-likeness (QED) is 0.110. The van der Waals surface area contributed by atoms with Crippen molar-refractivity contribution in [1.29, 1.82) is 5.26 Å². The topological polar surface area (TPSA) is 38.0 Å². The standard InChI is InChI=1S/C76H46N4/c1-78-60-35-41-74-68(47-60)67-44-59(34-40-73(67)80(74)62-20-12-5-13-21-62)57-32-37-64-70(46-57)76(55-29-25-53(26-30-55)51-16-8-3-9-17-51)63-36-31-56(45-69(63)75(64)54-27-23-52(24-28-54)50-14-6-2-7-15-50)58-33-39-72-66(43-58)65-42-49(48-77)22-38-71(65)79(72)61-18-10-4-11-19-61/h2-47H. The monoisotopic (exact) mass is 1010 g/mol. The fourth-order valence-electron chi connectivity index (χ4n) is 12.4. The summed E-state index contributed by atoms with van der Waals surface area (Å²) in [4.78, 5) is 3.86. The van der Waals surface area contributed by atoms with E-state index in [1.54, 1.807) is 0 Å². The summed E-state index contributed by atoms with van der Waals surface area (Å²) in [7, 11) is 0. The summed E-state index contributed by atoms with van der Waals surface area (Å²) >= 11 is 0. The Bertz CT molecular complexity index is 4700. The molecule has 0 bridgehead atoms. The molecule has 4 heteroatoms. The van der Waals surface area contributed by atoms with Gasteiger partial charge in [0, 0.05) is 27.5 Å². The SMILES string of the molecule is [C-]#[N+]c1ccc2c(c1)c1cc(-c3ccc4c(-c5ccc(-c6ccccc6)cc5)c5cc(-c6ccc7c(c6)c6cc(C#N)ccc6n7-c6ccccc6)ccc5c(-c5ccc(-c6ccccc6)cc5)c4c3)ccc1n2-c1ccccc1. The molecule has 0 radical (unpaired) electrons. The second-order valence-electron chi connectivity index (χ2n) is 20.6. The van der Waals surface area contributed by atoms with Crippen LogP contribution in [0.15, 0.2) is 279 Å². The van der Waals surface area contributed by atoms with Crippen LogP contribution in [0.1, 0.15) is 5.56 Å². The third kappa shape index (κ3) is 7.66. The maximum absolute atomic E-state index is 10.1. The highest BCUT2D eigenvalue weighted by Gasteiger charge is 2.22. The number of rotatable bonds is 8. The molecule has 0 amide bonds. The zero-order valence-electron chi connectivity index (χ0n) is 43.3. The molecule has 0 saturated carbocycles. The summed E-state index contributed by atoms with van der Waals surface area (Å²) in [5.74, 6) is 0. The Morgan fingerprint density at radius 1 is 0.275 bits per heavy atom. The van der Waals surface area contributed by atoms with E-state index < -0.39 is 0 Å². The molecule has 0 aliphatic carbocycles. The van der Waals surface area contributed by atoms with Gasteiger partial charge in [-0.25, -0.2) is 4.85 Å². The molecule has 0 aliphatic heterocycles. The van der Waals surface area contributed by atoms with Crippen LogP contribution < -0.4 is 0 Å². The summed E-state index contributed by atoms with van der Waals surface area (Å²) < 4.78 is 4.61. The first kappa shape index (κ1) is 46.3. The molecule has 15 aromatic rings. The van der Waals surface area contributed by atoms with Crippen LogP contribution in [0.2, 0.25) is 0 Å². The lowest BCUT2D eigenvalue weighted by molar-refractivity contribution is 1.18. The summed E-state index contributed by atoms with van der Waals surface area (Å²) in [5.41, 5.74) is 21.4. The molecule has 0 saturated heterocycles. The van der Waals surface area contributed by atoms with E-state index in [1.807, 2.05) is 36.4 Å². The van der Waals surface area contributed by atoms with Crippen molar-refractivity contribution >= 4 is 70.8 Å². The number of benzene rings is 13. The van der Waals surface area contributed by atoms with E-state index in [0.717, 1.165) is 121 Å². The first-order valence-corrected chi connectivity index (χ1v) is 27.0. The van der Waals surface area contributed by atoms with E-state index >= 15 is 0 Å². The van der Waals surface area contributed by atoms with Crippen LogP contribution in [0.25, 0.3) is 148 Å². The molecule has 0 aliphatic rings. The zero-order chi connectivity index (χ0) is 53.3. The van der Waals surface area contributed by atoms with Crippen LogP contribution >= 0.6 is 0 Å². The Kier molecular flexibility index (Phi) is 10.9. The van der Waals surface area contributed by atoms with Gasteiger partial charge in [-0.15, -0.1) is 0 Å². The van der Waals surface area contributed by atoms with Gasteiger partial charge in [0.05, 0.1) is 40.3 Å². The van der Waals surface area contributed by atoms with Crippen LogP contribution in [-0.2, 0) is 0 Å². The highest BCUT2D eigenvalue weighted by molar-refractivity contribution is 6.23. The summed E-state index contributed by atoms with van der Waals surface area (Å²) in [6.07, 6.45) is 0. The first-order valence-electron chi connectivity index (χ1n) is 27.0. The average molecular weight is 1020 g/mol. The van der Waals surface area contributed by atoms with Crippen LogP contribution in [0.4, 0.5) is 5.69 Å². The van der Waals surface area contributed by atoms with E-state index in [9.17, 15) is 5.26 Å². The molecule has 0 fully saturated rings. The first-order chi connectivity index (χ1) is 39.6. The molecule has 0 spiro atoms. The third-order valence-corrected chi connectivity index (χ3v) is 16.1. The number of hydrogen-bond donors (Lipinski definition) is 0. The van der Waals surface area contributed by atoms with E-state index in [1.165, 1.54) is 22.3 Å². The molecule has 0 unspecified atom stereocenters. The number of nitriles is 1. The Morgan fingerprint density at radius 3 is 1.02 bits per heavy atom. The Hall–Kier alpha value is -11.0. The fourth-order valence-corrected chi connectivity index (χ4v) is 12.4. The number of hydrogen-bond acceptors (Lipinski definition) is 1. The molecule has 0 N–H and O–H groups in total. The molecule has 80 heavy (non-hydrogen) atoms. The Balaban J connectivity index is 0.986. The van der Waals surface area contributed by atoms with E-state index in [-0.39, 0.29) is 0 Å². The van der Waals surface area contributed by atoms with E-state index in [4.69, 9.17) is 6.57 Å². The molecular formula is C76H46N4. The van der Waals surface area contributed by atoms with E-state index in [0.29, 0.717) is 11.3 Å². The highest BCUT2D eigenvalue weighted by atomic mass is 15.0. The van der Waals surface area contributed by atoms with E-state index in [2.05, 4.69) is 263 Å². The molecule has 13 aromatic carbocycles. The molecule has 0 atom stereocenters. The highest BCUT2D eigenvalue weighted by Crippen LogP contribution is 2.48. The van der Waals surface area contributed by atoms with Gasteiger partial charge >= 0.3 is 0 Å². The molecule has 4 nitrogen and oxygen atoms in total. The second kappa shape index (κ2) is 18.9. The molecular weight excluding hydrogens is 969 g/mol. The molecule has 2 heterocycles. The van der Waals surface area contributed by atoms with Gasteiger partial charge < -0.3 is 9.13 Å². The maximum atomic E-state index is 10.1. The minimum absolute atomic E-state index is 0.619. The van der Waals surface area contributed by atoms with Crippen molar-refractivity contribution in [3.05, 3.63) is 296 Å². The van der Waals surface area contributed by atoms with Crippen LogP contribution in [0, 0.1) is 17.9 Å². The van der Waals surface area contributed by atoms with Gasteiger partial charge in [0.25, 0.3) is 0 Å². The van der Waals surface area contributed by atoms with Crippen LogP contribution in [0.3, 0.4) is 0 Å². The lowest BCUT2D eigenvalue weighted by Crippen LogP contribution is -1.94. The van der Waals surface area contributed by atoms with Crippen molar-refractivity contribution < 1.29 is 0 Å². The van der Waals surface area contributed by atoms with Gasteiger partial charge in [-0.3, -0.25) is 0 Å². The number of para-hydroxylation sites is 2. The summed E-state index contributed by atoms with van der Waals surface area (Å²) in [6.45, 7) is 7.94. The van der Waals surface area contributed by atoms with Gasteiger partial charge in [-0.2, -0.15) is 5.26 Å². The average Bonchev–Trinajstić information content (AvgIpc) is 4.16. The van der Waals surface area contributed by atoms with Gasteiger partial charge in [-0.1, -0.05) is 188 Å². The zero-order valence-corrected chi connectivity index (χ0v) is 43.3. The van der Waals surface area contributed by atoms with Crippen molar-refractivity contribution in [3.63, 3.8) is 0 Å². The maximum Gasteiger partial charge on any atom is 0.188 e. The minimum atomic E-state index is 0.619. The van der Waals surface area contributed by atoms with Gasteiger partial charge in [0.2, 0.25) is 0 Å². The normalized spacial score (nSPS) is 11.5. The minimum Gasteiger partial charge on any atom is -0.309 e. The van der Waals surface area contributed by atoms with Crippen molar-refractivity contribution in [1.82, 2.24) is 9.13 Å². The number of aromatic nitrogens is 2. The molecule has 370 valence electrons. The van der Waals surface area contributed by atoms with Crippen molar-refractivity contribution in [2.45, 2.75) is 0 Å². The fraction of sp³-hybridized carbons (Fsp3) is 0. The van der Waals surface area contributed by atoms with Crippen LogP contribution in [0.5, 0.6) is 0 Å². The lowest BCUT2D eigenvalue weighted by atomic mass is 9.83. The molecule has 15 rings (SSSR count). The van der Waals surface area contributed by atoms with Gasteiger partial charge in [0.15, 0.2) is 5.69 Å². The number of fused-ring (bicyclic) bond motifs is 8. The Morgan fingerprint density at radius 2 is 0.600 bits per heavy atom. The van der Waals surface area contributed by atoms with Crippen molar-refractivity contribution in [3.8, 4) is 84.2 Å². The van der Waals surface area contributed by atoms with Crippen molar-refractivity contribution in [2.75, 3.05) is 0 Å². The Labute approximate surface area is 463 Å². The predicted octanol–water partition coefficient (Wildman–Crippen LogP) is 20.6. The molecule has 2 aromatic heterocycles. The predicted molar refractivity (Wildman–Crippen MR) is 334 cm³/mol. The largest absolute Gasteiger partial charge is 0.309 e. The second-order valence-corrected chi connectivity index (χ2v) is 20.6. The van der Waals surface area contributed by atoms with Crippen molar-refractivity contribution in [2.24, 2.45) is 0 Å². The summed E-state index contributed by atoms with van der Waals surface area (Å²) in [5, 5.41) is 19.0. The lowest BCUT2D eigenvalue weighted by Gasteiger charge is -2.20.